The Balaban J connectivity index is 0.000000306. The minimum atomic E-state index is 0.987. The monoisotopic (exact) mass is 246 g/mol. The van der Waals surface area contributed by atoms with Crippen molar-refractivity contribution in [3.63, 3.8) is 0 Å². The van der Waals surface area contributed by atoms with Gasteiger partial charge in [-0.2, -0.15) is 0 Å². The third-order valence-electron chi connectivity index (χ3n) is 1.99. The number of benzene rings is 1. The zero-order valence-corrected chi connectivity index (χ0v) is 11.9. The summed E-state index contributed by atoms with van der Waals surface area (Å²) in [6, 6.07) is 7.97. The van der Waals surface area contributed by atoms with E-state index in [1.54, 1.807) is 0 Å². The molecule has 0 unspecified atom stereocenters. The standard InChI is InChI=1S/C9H10S.C5H6.C2H6/c1-7(2)8-4-3-5-9(10)6-8;1-2-4-5-3-1;1-2/h3-6,10H,1H2,2H3;1-4H,5H2;1-2H3. The summed E-state index contributed by atoms with van der Waals surface area (Å²) in [5, 5.41) is 0. The first-order chi connectivity index (χ1) is 8.20. The summed E-state index contributed by atoms with van der Waals surface area (Å²) in [5.74, 6) is 0. The summed E-state index contributed by atoms with van der Waals surface area (Å²) in [7, 11) is 0. The van der Waals surface area contributed by atoms with Crippen LogP contribution in [0.3, 0.4) is 0 Å². The molecule has 0 amide bonds. The zero-order valence-electron chi connectivity index (χ0n) is 11.0. The van der Waals surface area contributed by atoms with Crippen LogP contribution in [-0.2, 0) is 0 Å². The van der Waals surface area contributed by atoms with E-state index in [9.17, 15) is 0 Å². The molecule has 1 aromatic carbocycles. The molecule has 0 saturated heterocycles. The Bertz CT molecular complexity index is 376. The molecule has 0 bridgehead atoms. The van der Waals surface area contributed by atoms with Crippen molar-refractivity contribution < 1.29 is 0 Å². The highest BCUT2D eigenvalue weighted by Crippen LogP contribution is 2.14. The van der Waals surface area contributed by atoms with Crippen LogP contribution in [0, 0.1) is 0 Å². The van der Waals surface area contributed by atoms with Gasteiger partial charge in [-0.3, -0.25) is 0 Å². The molecule has 0 atom stereocenters. The Morgan fingerprint density at radius 3 is 2.06 bits per heavy atom. The predicted molar refractivity (Wildman–Crippen MR) is 82.6 cm³/mol. The van der Waals surface area contributed by atoms with Crippen LogP contribution in [0.1, 0.15) is 32.8 Å². The molecule has 1 aliphatic rings. The van der Waals surface area contributed by atoms with E-state index in [2.05, 4.69) is 43.5 Å². The van der Waals surface area contributed by atoms with Crippen LogP contribution in [0.5, 0.6) is 0 Å². The summed E-state index contributed by atoms with van der Waals surface area (Å²) < 4.78 is 0. The molecular formula is C16H22S. The van der Waals surface area contributed by atoms with Crippen molar-refractivity contribution in [3.05, 3.63) is 60.7 Å². The van der Waals surface area contributed by atoms with E-state index >= 15 is 0 Å². The van der Waals surface area contributed by atoms with E-state index in [-0.39, 0.29) is 0 Å². The summed E-state index contributed by atoms with van der Waals surface area (Å²) in [4.78, 5) is 0.987. The van der Waals surface area contributed by atoms with E-state index in [1.165, 1.54) is 0 Å². The van der Waals surface area contributed by atoms with Crippen molar-refractivity contribution in [2.45, 2.75) is 32.1 Å². The average Bonchev–Trinajstić information content (AvgIpc) is 2.90. The van der Waals surface area contributed by atoms with E-state index in [0.717, 1.165) is 22.5 Å². The number of hydrogen-bond acceptors (Lipinski definition) is 1. The minimum Gasteiger partial charge on any atom is -0.143 e. The van der Waals surface area contributed by atoms with Gasteiger partial charge in [0, 0.05) is 4.90 Å². The van der Waals surface area contributed by atoms with Crippen LogP contribution in [0.15, 0.2) is 60.0 Å². The van der Waals surface area contributed by atoms with Gasteiger partial charge in [0.15, 0.2) is 0 Å². The van der Waals surface area contributed by atoms with Crippen LogP contribution >= 0.6 is 12.6 Å². The first-order valence-corrected chi connectivity index (χ1v) is 6.41. The zero-order chi connectivity index (χ0) is 13.1. The van der Waals surface area contributed by atoms with Crippen molar-refractivity contribution >= 4 is 18.2 Å². The van der Waals surface area contributed by atoms with Gasteiger partial charge < -0.3 is 0 Å². The van der Waals surface area contributed by atoms with Gasteiger partial charge >= 0.3 is 0 Å². The van der Waals surface area contributed by atoms with Gasteiger partial charge in [0.1, 0.15) is 0 Å². The fraction of sp³-hybridized carbons (Fsp3) is 0.250. The van der Waals surface area contributed by atoms with E-state index in [1.807, 2.05) is 45.0 Å². The third-order valence-corrected chi connectivity index (χ3v) is 2.27. The van der Waals surface area contributed by atoms with Crippen molar-refractivity contribution in [1.82, 2.24) is 0 Å². The largest absolute Gasteiger partial charge is 0.143 e. The Kier molecular flexibility index (Phi) is 9.27. The highest BCUT2D eigenvalue weighted by Gasteiger charge is 1.91. The van der Waals surface area contributed by atoms with Crippen molar-refractivity contribution in [2.24, 2.45) is 0 Å². The Morgan fingerprint density at radius 1 is 1.18 bits per heavy atom. The number of allylic oxidation sites excluding steroid dienone is 5. The molecule has 92 valence electrons. The number of hydrogen-bond donors (Lipinski definition) is 1. The Morgan fingerprint density at radius 2 is 1.76 bits per heavy atom. The molecule has 17 heavy (non-hydrogen) atoms. The lowest BCUT2D eigenvalue weighted by molar-refractivity contribution is 1.43. The van der Waals surface area contributed by atoms with Crippen LogP contribution in [0.2, 0.25) is 0 Å². The molecule has 1 aromatic rings. The SMILES string of the molecule is C1=CCC=C1.C=C(C)c1cccc(S)c1.CC. The van der Waals surface area contributed by atoms with Gasteiger partial charge in [-0.1, -0.05) is 62.4 Å². The summed E-state index contributed by atoms with van der Waals surface area (Å²) in [6.45, 7) is 9.82. The van der Waals surface area contributed by atoms with Crippen molar-refractivity contribution in [1.29, 1.82) is 0 Å². The number of thiol groups is 1. The molecule has 2 rings (SSSR count). The second-order valence-corrected chi connectivity index (χ2v) is 3.94. The van der Waals surface area contributed by atoms with Gasteiger partial charge in [0.2, 0.25) is 0 Å². The lowest BCUT2D eigenvalue weighted by Crippen LogP contribution is -1.75. The fourth-order valence-electron chi connectivity index (χ4n) is 1.16. The molecular weight excluding hydrogens is 224 g/mol. The molecule has 0 radical (unpaired) electrons. The van der Waals surface area contributed by atoms with Crippen LogP contribution in [-0.4, -0.2) is 0 Å². The molecule has 0 saturated carbocycles. The molecule has 0 spiro atoms. The summed E-state index contributed by atoms with van der Waals surface area (Å²) in [5.41, 5.74) is 2.24. The van der Waals surface area contributed by atoms with Gasteiger partial charge in [-0.05, 0) is 31.0 Å². The predicted octanol–water partition coefficient (Wildman–Crippen LogP) is 5.54. The Labute approximate surface area is 111 Å². The van der Waals surface area contributed by atoms with E-state index in [4.69, 9.17) is 0 Å². The van der Waals surface area contributed by atoms with Crippen molar-refractivity contribution in [2.75, 3.05) is 0 Å². The normalized spacial score (nSPS) is 11.1. The lowest BCUT2D eigenvalue weighted by Gasteiger charge is -1.98. The Hall–Kier alpha value is -1.21. The van der Waals surface area contributed by atoms with Gasteiger partial charge in [-0.25, -0.2) is 0 Å². The molecule has 1 aliphatic carbocycles. The molecule has 0 nitrogen and oxygen atoms in total. The maximum absolute atomic E-state index is 4.21. The first kappa shape index (κ1) is 15.8. The molecule has 0 aliphatic heterocycles. The van der Waals surface area contributed by atoms with E-state index in [0.29, 0.717) is 0 Å². The molecule has 0 N–H and O–H groups in total. The smallest absolute Gasteiger partial charge is 0.00460 e. The second kappa shape index (κ2) is 9.98. The molecule has 1 heteroatoms. The summed E-state index contributed by atoms with van der Waals surface area (Å²) >= 11 is 4.21. The van der Waals surface area contributed by atoms with E-state index < -0.39 is 0 Å². The van der Waals surface area contributed by atoms with Crippen LogP contribution in [0.25, 0.3) is 5.57 Å². The van der Waals surface area contributed by atoms with Crippen molar-refractivity contribution in [3.8, 4) is 0 Å². The topological polar surface area (TPSA) is 0 Å². The molecule has 0 aromatic heterocycles. The van der Waals surface area contributed by atoms with Gasteiger partial charge in [0.25, 0.3) is 0 Å². The van der Waals surface area contributed by atoms with Gasteiger partial charge in [0.05, 0.1) is 0 Å². The number of rotatable bonds is 1. The maximum Gasteiger partial charge on any atom is 0.00460 e. The first-order valence-electron chi connectivity index (χ1n) is 5.97. The third kappa shape index (κ3) is 7.64. The van der Waals surface area contributed by atoms with Crippen LogP contribution in [0.4, 0.5) is 0 Å². The lowest BCUT2D eigenvalue weighted by atomic mass is 10.1. The van der Waals surface area contributed by atoms with Crippen LogP contribution < -0.4 is 0 Å². The van der Waals surface area contributed by atoms with Gasteiger partial charge in [-0.15, -0.1) is 12.6 Å². The highest BCUT2D eigenvalue weighted by atomic mass is 32.1. The maximum atomic E-state index is 4.21. The quantitative estimate of drug-likeness (QED) is 0.618. The second-order valence-electron chi connectivity index (χ2n) is 3.42. The molecule has 0 heterocycles. The fourth-order valence-corrected chi connectivity index (χ4v) is 1.39. The molecule has 0 fully saturated rings. The summed E-state index contributed by atoms with van der Waals surface area (Å²) in [6.07, 6.45) is 9.50. The average molecular weight is 246 g/mol. The minimum absolute atomic E-state index is 0.987. The highest BCUT2D eigenvalue weighted by molar-refractivity contribution is 7.80.